The number of imidazole rings is 1. The van der Waals surface area contributed by atoms with Crippen molar-refractivity contribution in [1.82, 2.24) is 30.1 Å². The zero-order valence-corrected chi connectivity index (χ0v) is 36.7. The third-order valence-electron chi connectivity index (χ3n) is 10.2. The molecule has 20 nitrogen and oxygen atoms in total. The van der Waals surface area contributed by atoms with E-state index in [1.54, 1.807) is 65.7 Å². The van der Waals surface area contributed by atoms with Crippen LogP contribution in [0.25, 0.3) is 11.0 Å². The minimum absolute atomic E-state index is 0.197. The van der Waals surface area contributed by atoms with Gasteiger partial charge >= 0.3 is 5.97 Å². The van der Waals surface area contributed by atoms with Crippen molar-refractivity contribution >= 4 is 52.7 Å². The number of nitrogens with one attached hydrogen (secondary N) is 4. The maximum atomic E-state index is 13.5. The second kappa shape index (κ2) is 25.8. The summed E-state index contributed by atoms with van der Waals surface area (Å²) in [6.07, 6.45) is 2.07. The number of aromatic nitrogens is 3. The fourth-order valence-corrected chi connectivity index (χ4v) is 7.41. The van der Waals surface area contributed by atoms with Crippen molar-refractivity contribution in [3.63, 3.8) is 0 Å². The monoisotopic (exact) mass is 917 g/mol. The Labute approximate surface area is 380 Å². The van der Waals surface area contributed by atoms with Gasteiger partial charge in [0.2, 0.25) is 0 Å². The van der Waals surface area contributed by atoms with Crippen molar-refractivity contribution in [3.8, 4) is 0 Å². The molecule has 3 aromatic carbocycles. The SMILES string of the molecule is CN(Cc1nc2ccccc2[nH]1)C(=O)c1ccc2c(c1)CN(CCCOCCOCCOCCCN[C@@H](O)c1ccc(N/N=C/c3ccccc3SOOO)nc1)[C@@H](O)[C@H](CC(=O)O)N2. The summed E-state index contributed by atoms with van der Waals surface area (Å²) >= 11 is 0.836. The number of hydrazone groups is 1. The number of rotatable bonds is 27. The Kier molecular flexibility index (Phi) is 19.4. The van der Waals surface area contributed by atoms with Crippen molar-refractivity contribution in [2.75, 3.05) is 70.5 Å². The van der Waals surface area contributed by atoms with E-state index in [-0.39, 0.29) is 18.9 Å². The number of carbonyl (C=O) groups is 2. The van der Waals surface area contributed by atoms with Crippen LogP contribution in [-0.2, 0) is 41.5 Å². The standard InChI is InChI=1S/C44H55N9O11S/c1-52(29-40-49-35-9-3-4-10-36(35)50-40)43(57)30-12-14-34-33(24-30)28-53(44(58)37(48-34)25-41(54)55)17-7-19-61-21-23-62-22-20-60-18-6-16-45-42(56)32-13-15-39(46-26-32)51-47-27-31-8-2-5-11-38(31)65-64-63-59/h2-5,8-15,24,26-27,37,42,44-45,48,56,58-59H,6-7,16-23,25,28-29H2,1H3,(H,46,51)(H,49,50)(H,54,55)/b47-27+/t37-,42-,44-/m0/s1. The number of carboxylic acid groups (broad SMARTS) is 1. The maximum Gasteiger partial charge on any atom is 0.305 e. The number of carbonyl (C=O) groups excluding carboxylic acids is 1. The van der Waals surface area contributed by atoms with Gasteiger partial charge in [-0.1, -0.05) is 35.4 Å². The molecule has 21 heteroatoms. The fourth-order valence-electron chi connectivity index (χ4n) is 6.95. The molecule has 1 amide bonds. The smallest absolute Gasteiger partial charge is 0.305 e. The third-order valence-corrected chi connectivity index (χ3v) is 10.9. The Balaban J connectivity index is 0.825. The molecule has 5 aromatic rings. The van der Waals surface area contributed by atoms with Gasteiger partial charge in [-0.2, -0.15) is 5.10 Å². The average Bonchev–Trinajstić information content (AvgIpc) is 3.67. The van der Waals surface area contributed by atoms with Gasteiger partial charge in [-0.3, -0.25) is 25.2 Å². The van der Waals surface area contributed by atoms with Crippen LogP contribution in [0.15, 0.2) is 95.1 Å². The summed E-state index contributed by atoms with van der Waals surface area (Å²) < 4.78 is 21.5. The van der Waals surface area contributed by atoms with Gasteiger partial charge in [0.25, 0.3) is 5.91 Å². The molecule has 0 unspecified atom stereocenters. The van der Waals surface area contributed by atoms with Crippen molar-refractivity contribution < 1.29 is 53.7 Å². The van der Waals surface area contributed by atoms with Crippen LogP contribution < -0.4 is 16.1 Å². The summed E-state index contributed by atoms with van der Waals surface area (Å²) in [6, 6.07) is 22.8. The fraction of sp³-hybridized carbons (Fsp3) is 0.386. The average molecular weight is 918 g/mol. The van der Waals surface area contributed by atoms with E-state index in [1.807, 2.05) is 42.5 Å². The van der Waals surface area contributed by atoms with Crippen molar-refractivity contribution in [2.45, 2.75) is 55.7 Å². The Morgan fingerprint density at radius 2 is 1.75 bits per heavy atom. The number of nitrogens with zero attached hydrogens (tertiary/aromatic N) is 5. The number of aliphatic hydroxyl groups is 2. The molecule has 2 aromatic heterocycles. The maximum absolute atomic E-state index is 13.5. The quantitative estimate of drug-likeness (QED) is 0.00894. The van der Waals surface area contributed by atoms with Crippen LogP contribution in [0.1, 0.15) is 58.4 Å². The van der Waals surface area contributed by atoms with E-state index in [0.717, 1.165) is 34.2 Å². The summed E-state index contributed by atoms with van der Waals surface area (Å²) in [4.78, 5) is 41.4. The molecular weight excluding hydrogens is 863 g/mol. The number of ether oxygens (including phenoxy) is 3. The van der Waals surface area contributed by atoms with Crippen LogP contribution in [0, 0.1) is 0 Å². The molecular formula is C44H55N9O11S. The number of pyridine rings is 1. The number of benzene rings is 3. The zero-order valence-electron chi connectivity index (χ0n) is 35.9. The molecule has 6 rings (SSSR count). The summed E-state index contributed by atoms with van der Waals surface area (Å²) in [6.45, 7) is 3.96. The number of carboxylic acids is 1. The van der Waals surface area contributed by atoms with Crippen LogP contribution >= 0.6 is 12.0 Å². The molecule has 65 heavy (non-hydrogen) atoms. The lowest BCUT2D eigenvalue weighted by molar-refractivity contribution is -0.432. The van der Waals surface area contributed by atoms with Crippen LogP contribution in [0.5, 0.6) is 0 Å². The summed E-state index contributed by atoms with van der Waals surface area (Å²) in [5.74, 6) is -0.0871. The third kappa shape index (κ3) is 15.3. The number of anilines is 2. The molecule has 0 saturated heterocycles. The van der Waals surface area contributed by atoms with Crippen LogP contribution in [0.3, 0.4) is 0 Å². The largest absolute Gasteiger partial charge is 0.481 e. The number of aromatic amines is 1. The lowest BCUT2D eigenvalue weighted by atomic mass is 10.1. The van der Waals surface area contributed by atoms with E-state index >= 15 is 0 Å². The van der Waals surface area contributed by atoms with Crippen molar-refractivity contribution in [3.05, 3.63) is 113 Å². The summed E-state index contributed by atoms with van der Waals surface area (Å²) in [5, 5.41) is 53.8. The Bertz CT molecular complexity index is 2250. The second-order valence-corrected chi connectivity index (χ2v) is 15.7. The molecule has 0 fully saturated rings. The Hall–Kier alpha value is -5.56. The Morgan fingerprint density at radius 1 is 1.00 bits per heavy atom. The first-order valence-electron chi connectivity index (χ1n) is 21.0. The molecule has 1 aliphatic rings. The lowest BCUT2D eigenvalue weighted by Crippen LogP contribution is -2.46. The van der Waals surface area contributed by atoms with Gasteiger partial charge in [0.05, 0.1) is 74.7 Å². The molecule has 8 N–H and O–H groups in total. The second-order valence-electron chi connectivity index (χ2n) is 15.0. The first-order valence-corrected chi connectivity index (χ1v) is 21.8. The number of fused-ring (bicyclic) bond motifs is 2. The normalized spacial score (nSPS) is 15.7. The van der Waals surface area contributed by atoms with Crippen LogP contribution in [0.4, 0.5) is 11.5 Å². The number of hydrogen-bond acceptors (Lipinski definition) is 18. The topological polar surface area (TPSA) is 258 Å². The number of para-hydroxylation sites is 2. The Morgan fingerprint density at radius 3 is 2.51 bits per heavy atom. The van der Waals surface area contributed by atoms with Crippen LogP contribution in [-0.4, -0.2) is 135 Å². The van der Waals surface area contributed by atoms with Gasteiger partial charge in [0, 0.05) is 66.8 Å². The minimum atomic E-state index is -1.09. The highest BCUT2D eigenvalue weighted by Gasteiger charge is 2.32. The number of aliphatic hydroxyl groups excluding tert-OH is 2. The molecule has 0 aliphatic carbocycles. The highest BCUT2D eigenvalue weighted by molar-refractivity contribution is 7.94. The predicted molar refractivity (Wildman–Crippen MR) is 242 cm³/mol. The molecule has 348 valence electrons. The predicted octanol–water partition coefficient (Wildman–Crippen LogP) is 4.60. The first kappa shape index (κ1) is 48.9. The molecule has 0 bridgehead atoms. The molecule has 0 spiro atoms. The zero-order chi connectivity index (χ0) is 45.8. The molecule has 0 radical (unpaired) electrons. The van der Waals surface area contributed by atoms with Gasteiger partial charge in [-0.15, -0.1) is 4.33 Å². The van der Waals surface area contributed by atoms with Crippen LogP contribution in [0.2, 0.25) is 0 Å². The number of H-pyrrole nitrogens is 1. The highest BCUT2D eigenvalue weighted by Crippen LogP contribution is 2.28. The van der Waals surface area contributed by atoms with E-state index in [2.05, 4.69) is 45.5 Å². The van der Waals surface area contributed by atoms with Gasteiger partial charge < -0.3 is 44.7 Å². The van der Waals surface area contributed by atoms with Gasteiger partial charge in [-0.05, 0) is 73.5 Å². The van der Waals surface area contributed by atoms with E-state index < -0.39 is 24.5 Å². The molecule has 0 saturated carbocycles. The molecule has 1 aliphatic heterocycles. The summed E-state index contributed by atoms with van der Waals surface area (Å²) in [7, 11) is 1.71. The van der Waals surface area contributed by atoms with Gasteiger partial charge in [-0.25, -0.2) is 15.2 Å². The number of amides is 1. The van der Waals surface area contributed by atoms with E-state index in [9.17, 15) is 24.9 Å². The number of aliphatic carboxylic acids is 1. The lowest BCUT2D eigenvalue weighted by Gasteiger charge is -2.30. The molecule has 3 atom stereocenters. The number of hydrogen-bond donors (Lipinski definition) is 8. The van der Waals surface area contributed by atoms with E-state index in [4.69, 9.17) is 19.5 Å². The van der Waals surface area contributed by atoms with Gasteiger partial charge in [0.1, 0.15) is 24.1 Å². The van der Waals surface area contributed by atoms with E-state index in [1.165, 1.54) is 0 Å². The summed E-state index contributed by atoms with van der Waals surface area (Å²) in [5.41, 5.74) is 7.77. The van der Waals surface area contributed by atoms with Crippen molar-refractivity contribution in [1.29, 1.82) is 0 Å². The van der Waals surface area contributed by atoms with Gasteiger partial charge in [0.15, 0.2) is 0 Å². The van der Waals surface area contributed by atoms with Crippen molar-refractivity contribution in [2.24, 2.45) is 5.10 Å². The molecule has 3 heterocycles. The first-order chi connectivity index (χ1) is 31.7. The van der Waals surface area contributed by atoms with E-state index in [0.29, 0.717) is 105 Å². The minimum Gasteiger partial charge on any atom is -0.481 e. The highest BCUT2D eigenvalue weighted by atomic mass is 32.2.